The molecule has 2 aromatic rings. The molecule has 0 fully saturated rings. The highest BCUT2D eigenvalue weighted by Crippen LogP contribution is 2.27. The molecule has 0 saturated carbocycles. The van der Waals surface area contributed by atoms with Gasteiger partial charge in [-0.2, -0.15) is 0 Å². The van der Waals surface area contributed by atoms with Gasteiger partial charge in [0.2, 0.25) is 0 Å². The summed E-state index contributed by atoms with van der Waals surface area (Å²) < 4.78 is 27.1. The van der Waals surface area contributed by atoms with Gasteiger partial charge in [-0.15, -0.1) is 0 Å². The first-order chi connectivity index (χ1) is 9.45. The Balaban J connectivity index is 2.08. The fourth-order valence-electron chi connectivity index (χ4n) is 1.96. The molecule has 5 heteroatoms. The zero-order valence-corrected chi connectivity index (χ0v) is 12.4. The molecule has 0 saturated heterocycles. The van der Waals surface area contributed by atoms with Crippen molar-refractivity contribution in [2.24, 2.45) is 0 Å². The van der Waals surface area contributed by atoms with Crippen molar-refractivity contribution >= 4 is 21.6 Å². The Kier molecular flexibility index (Phi) is 4.60. The smallest absolute Gasteiger partial charge is 0.150 e. The molecule has 2 nitrogen and oxygen atoms in total. The maximum absolute atomic E-state index is 13.7. The standard InChI is InChI=1S/C15H14BrF2NO/c1-9(6-10-2-4-12(20)5-3-10)19-15-13(16)7-11(17)8-14(15)18/h2-5,7-9,19-20H,6H2,1H3. The topological polar surface area (TPSA) is 32.3 Å². The van der Waals surface area contributed by atoms with E-state index in [0.717, 1.165) is 11.6 Å². The number of benzene rings is 2. The molecule has 2 rings (SSSR count). The van der Waals surface area contributed by atoms with Crippen LogP contribution in [0.2, 0.25) is 0 Å². The molecule has 0 radical (unpaired) electrons. The molecule has 0 aromatic heterocycles. The first-order valence-corrected chi connectivity index (χ1v) is 6.94. The minimum Gasteiger partial charge on any atom is -0.508 e. The zero-order chi connectivity index (χ0) is 14.7. The van der Waals surface area contributed by atoms with Crippen LogP contribution in [0.25, 0.3) is 0 Å². The second-order valence-corrected chi connectivity index (χ2v) is 5.51. The highest BCUT2D eigenvalue weighted by Gasteiger charge is 2.12. The Morgan fingerprint density at radius 2 is 1.85 bits per heavy atom. The summed E-state index contributed by atoms with van der Waals surface area (Å²) in [6.07, 6.45) is 0.656. The molecule has 0 aliphatic carbocycles. The summed E-state index contributed by atoms with van der Waals surface area (Å²) in [5, 5.41) is 12.2. The van der Waals surface area contributed by atoms with Crippen molar-refractivity contribution < 1.29 is 13.9 Å². The molecular weight excluding hydrogens is 328 g/mol. The molecule has 0 amide bonds. The van der Waals surface area contributed by atoms with Gasteiger partial charge >= 0.3 is 0 Å². The Hall–Kier alpha value is -1.62. The third-order valence-electron chi connectivity index (χ3n) is 2.88. The van der Waals surface area contributed by atoms with E-state index < -0.39 is 11.6 Å². The minimum atomic E-state index is -0.630. The summed E-state index contributed by atoms with van der Waals surface area (Å²) in [4.78, 5) is 0. The monoisotopic (exact) mass is 341 g/mol. The Morgan fingerprint density at radius 3 is 2.45 bits per heavy atom. The van der Waals surface area contributed by atoms with Gasteiger partial charge in [0.25, 0.3) is 0 Å². The average molecular weight is 342 g/mol. The van der Waals surface area contributed by atoms with E-state index >= 15 is 0 Å². The van der Waals surface area contributed by atoms with Crippen LogP contribution < -0.4 is 5.32 Å². The lowest BCUT2D eigenvalue weighted by Gasteiger charge is -2.17. The highest BCUT2D eigenvalue weighted by molar-refractivity contribution is 9.10. The quantitative estimate of drug-likeness (QED) is 0.859. The fraction of sp³-hybridized carbons (Fsp3) is 0.200. The van der Waals surface area contributed by atoms with Gasteiger partial charge in [0.05, 0.1) is 5.69 Å². The molecule has 0 spiro atoms. The summed E-state index contributed by atoms with van der Waals surface area (Å²) in [7, 11) is 0. The molecule has 0 heterocycles. The lowest BCUT2D eigenvalue weighted by atomic mass is 10.1. The van der Waals surface area contributed by atoms with Crippen molar-refractivity contribution in [3.05, 3.63) is 58.1 Å². The van der Waals surface area contributed by atoms with E-state index in [0.29, 0.717) is 10.9 Å². The number of anilines is 1. The lowest BCUT2D eigenvalue weighted by Crippen LogP contribution is -2.19. The minimum absolute atomic E-state index is 0.0456. The number of hydrogen-bond donors (Lipinski definition) is 2. The van der Waals surface area contributed by atoms with E-state index in [2.05, 4.69) is 21.2 Å². The van der Waals surface area contributed by atoms with E-state index in [1.807, 2.05) is 19.1 Å². The van der Waals surface area contributed by atoms with Gasteiger partial charge in [0.15, 0.2) is 0 Å². The van der Waals surface area contributed by atoms with Gasteiger partial charge in [0.1, 0.15) is 17.4 Å². The van der Waals surface area contributed by atoms with Crippen molar-refractivity contribution in [3.63, 3.8) is 0 Å². The second kappa shape index (κ2) is 6.22. The Labute approximate surface area is 124 Å². The molecule has 0 aliphatic heterocycles. The number of phenolic OH excluding ortho intramolecular Hbond substituents is 1. The number of hydrogen-bond acceptors (Lipinski definition) is 2. The highest BCUT2D eigenvalue weighted by atomic mass is 79.9. The second-order valence-electron chi connectivity index (χ2n) is 4.66. The number of nitrogens with one attached hydrogen (secondary N) is 1. The normalized spacial score (nSPS) is 12.2. The van der Waals surface area contributed by atoms with Crippen LogP contribution in [-0.2, 0) is 6.42 Å². The molecule has 1 unspecified atom stereocenters. The van der Waals surface area contributed by atoms with Crippen molar-refractivity contribution in [3.8, 4) is 5.75 Å². The molecule has 1 atom stereocenters. The van der Waals surface area contributed by atoms with Crippen LogP contribution in [-0.4, -0.2) is 11.1 Å². The number of aromatic hydroxyl groups is 1. The van der Waals surface area contributed by atoms with E-state index in [4.69, 9.17) is 0 Å². The first kappa shape index (κ1) is 14.8. The SMILES string of the molecule is CC(Cc1ccc(O)cc1)Nc1c(F)cc(F)cc1Br. The Bertz CT molecular complexity index is 578. The van der Waals surface area contributed by atoms with Crippen LogP contribution in [0.3, 0.4) is 0 Å². The lowest BCUT2D eigenvalue weighted by molar-refractivity contribution is 0.475. The molecule has 106 valence electrons. The Morgan fingerprint density at radius 1 is 1.20 bits per heavy atom. The molecule has 20 heavy (non-hydrogen) atoms. The predicted octanol–water partition coefficient (Wildman–Crippen LogP) is 4.48. The predicted molar refractivity (Wildman–Crippen MR) is 79.0 cm³/mol. The molecular formula is C15H14BrF2NO. The number of rotatable bonds is 4. The fourth-order valence-corrected chi connectivity index (χ4v) is 2.49. The van der Waals surface area contributed by atoms with Crippen LogP contribution in [0.1, 0.15) is 12.5 Å². The van der Waals surface area contributed by atoms with Crippen molar-refractivity contribution in [2.45, 2.75) is 19.4 Å². The largest absolute Gasteiger partial charge is 0.508 e. The van der Waals surface area contributed by atoms with Gasteiger partial charge in [-0.05, 0) is 53.0 Å². The maximum atomic E-state index is 13.7. The summed E-state index contributed by atoms with van der Waals surface area (Å²) in [6, 6.07) is 8.86. The first-order valence-electron chi connectivity index (χ1n) is 6.14. The maximum Gasteiger partial charge on any atom is 0.150 e. The number of halogens is 3. The average Bonchev–Trinajstić information content (AvgIpc) is 2.36. The van der Waals surface area contributed by atoms with Gasteiger partial charge in [-0.3, -0.25) is 0 Å². The van der Waals surface area contributed by atoms with E-state index in [1.165, 1.54) is 6.07 Å². The summed E-state index contributed by atoms with van der Waals surface area (Å²) in [6.45, 7) is 1.90. The van der Waals surface area contributed by atoms with Gasteiger partial charge < -0.3 is 10.4 Å². The number of phenols is 1. The molecule has 0 bridgehead atoms. The molecule has 0 aliphatic rings. The van der Waals surface area contributed by atoms with Crippen molar-refractivity contribution in [1.82, 2.24) is 0 Å². The van der Waals surface area contributed by atoms with E-state index in [1.54, 1.807) is 12.1 Å². The third-order valence-corrected chi connectivity index (χ3v) is 3.50. The van der Waals surface area contributed by atoms with Crippen LogP contribution in [0.5, 0.6) is 5.75 Å². The van der Waals surface area contributed by atoms with Crippen LogP contribution >= 0.6 is 15.9 Å². The van der Waals surface area contributed by atoms with E-state index in [9.17, 15) is 13.9 Å². The molecule has 2 aromatic carbocycles. The van der Waals surface area contributed by atoms with Crippen LogP contribution in [0.15, 0.2) is 40.9 Å². The third kappa shape index (κ3) is 3.70. The summed E-state index contributed by atoms with van der Waals surface area (Å²) >= 11 is 3.15. The van der Waals surface area contributed by atoms with Gasteiger partial charge in [-0.25, -0.2) is 8.78 Å². The van der Waals surface area contributed by atoms with Gasteiger partial charge in [0, 0.05) is 16.6 Å². The van der Waals surface area contributed by atoms with Crippen molar-refractivity contribution in [2.75, 3.05) is 5.32 Å². The van der Waals surface area contributed by atoms with Crippen LogP contribution in [0, 0.1) is 11.6 Å². The summed E-state index contributed by atoms with van der Waals surface area (Å²) in [5.41, 5.74) is 1.26. The van der Waals surface area contributed by atoms with Gasteiger partial charge in [-0.1, -0.05) is 12.1 Å². The summed E-state index contributed by atoms with van der Waals surface area (Å²) in [5.74, 6) is -1.04. The zero-order valence-electron chi connectivity index (χ0n) is 10.8. The molecule has 2 N–H and O–H groups in total. The van der Waals surface area contributed by atoms with Crippen LogP contribution in [0.4, 0.5) is 14.5 Å². The van der Waals surface area contributed by atoms with Crippen molar-refractivity contribution in [1.29, 1.82) is 0 Å². The van der Waals surface area contributed by atoms with E-state index in [-0.39, 0.29) is 17.5 Å².